The van der Waals surface area contributed by atoms with Gasteiger partial charge >= 0.3 is 6.09 Å². The maximum absolute atomic E-state index is 12.0. The van der Waals surface area contributed by atoms with Crippen molar-refractivity contribution in [2.75, 3.05) is 32.1 Å². The summed E-state index contributed by atoms with van der Waals surface area (Å²) >= 11 is 0. The van der Waals surface area contributed by atoms with Gasteiger partial charge in [-0.25, -0.2) is 4.79 Å². The number of carbonyl (C=O) groups excluding carboxylic acids is 1. The molecule has 0 aliphatic carbocycles. The van der Waals surface area contributed by atoms with Gasteiger partial charge in [-0.3, -0.25) is 4.90 Å². The highest BCUT2D eigenvalue weighted by atomic mass is 16.6. The van der Waals surface area contributed by atoms with E-state index < -0.39 is 0 Å². The van der Waals surface area contributed by atoms with Gasteiger partial charge < -0.3 is 14.6 Å². The average Bonchev–Trinajstić information content (AvgIpc) is 3.03. The number of nitrogens with one attached hydrogen (secondary N) is 1. The summed E-state index contributed by atoms with van der Waals surface area (Å²) in [5.41, 5.74) is 3.28. The van der Waals surface area contributed by atoms with Crippen LogP contribution in [0.4, 0.5) is 10.5 Å². The van der Waals surface area contributed by atoms with Gasteiger partial charge in [0.1, 0.15) is 6.61 Å². The van der Waals surface area contributed by atoms with Crippen LogP contribution in [-0.4, -0.2) is 49.3 Å². The molecule has 2 heterocycles. The van der Waals surface area contributed by atoms with Crippen LogP contribution in [0.5, 0.6) is 0 Å². The number of aromatic amines is 1. The molecule has 1 N–H and O–H groups in total. The predicted molar refractivity (Wildman–Crippen MR) is 83.8 cm³/mol. The van der Waals surface area contributed by atoms with E-state index in [2.05, 4.69) is 30.0 Å². The summed E-state index contributed by atoms with van der Waals surface area (Å²) in [5.74, 6) is 0. The van der Waals surface area contributed by atoms with Crippen molar-refractivity contribution in [3.63, 3.8) is 0 Å². The molecule has 1 aliphatic heterocycles. The summed E-state index contributed by atoms with van der Waals surface area (Å²) in [7, 11) is 4.12. The fraction of sp³-hybridized carbons (Fsp3) is 0.438. The summed E-state index contributed by atoms with van der Waals surface area (Å²) in [6.07, 6.45) is 2.59. The lowest BCUT2D eigenvalue weighted by atomic mass is 10.0. The van der Waals surface area contributed by atoms with Gasteiger partial charge in [-0.2, -0.15) is 0 Å². The second kappa shape index (κ2) is 5.41. The highest BCUT2D eigenvalue weighted by molar-refractivity contribution is 5.96. The first kappa shape index (κ1) is 13.9. The number of benzene rings is 1. The van der Waals surface area contributed by atoms with Gasteiger partial charge in [0, 0.05) is 23.6 Å². The molecule has 5 nitrogen and oxygen atoms in total. The van der Waals surface area contributed by atoms with E-state index in [9.17, 15) is 4.79 Å². The molecule has 112 valence electrons. The number of aromatic nitrogens is 1. The first-order chi connectivity index (χ1) is 10.1. The van der Waals surface area contributed by atoms with Crippen molar-refractivity contribution in [3.05, 3.63) is 30.0 Å². The van der Waals surface area contributed by atoms with Gasteiger partial charge in [-0.05, 0) is 51.2 Å². The Hall–Kier alpha value is -2.01. The lowest BCUT2D eigenvalue weighted by Crippen LogP contribution is -2.32. The van der Waals surface area contributed by atoms with Crippen molar-refractivity contribution in [3.8, 4) is 0 Å². The Labute approximate surface area is 124 Å². The van der Waals surface area contributed by atoms with Crippen molar-refractivity contribution in [2.24, 2.45) is 0 Å². The van der Waals surface area contributed by atoms with Crippen LogP contribution < -0.4 is 4.90 Å². The molecule has 1 amide bonds. The minimum atomic E-state index is -0.247. The molecule has 2 aromatic rings. The zero-order valence-corrected chi connectivity index (χ0v) is 12.7. The molecular weight excluding hydrogens is 266 g/mol. The zero-order valence-electron chi connectivity index (χ0n) is 12.7. The number of nitrogens with zero attached hydrogens (tertiary/aromatic N) is 2. The van der Waals surface area contributed by atoms with Gasteiger partial charge in [0.05, 0.1) is 11.7 Å². The van der Waals surface area contributed by atoms with E-state index in [1.54, 1.807) is 4.90 Å². The van der Waals surface area contributed by atoms with E-state index in [4.69, 9.17) is 4.74 Å². The molecule has 1 aromatic heterocycles. The topological polar surface area (TPSA) is 48.6 Å². The molecule has 0 saturated carbocycles. The van der Waals surface area contributed by atoms with E-state index in [0.29, 0.717) is 6.61 Å². The van der Waals surface area contributed by atoms with Crippen molar-refractivity contribution in [2.45, 2.75) is 19.4 Å². The minimum absolute atomic E-state index is 0.0759. The number of carbonyl (C=O) groups is 1. The quantitative estimate of drug-likeness (QED) is 0.940. The largest absolute Gasteiger partial charge is 0.447 e. The highest BCUT2D eigenvalue weighted by Gasteiger charge is 2.32. The second-order valence-corrected chi connectivity index (χ2v) is 5.85. The summed E-state index contributed by atoms with van der Waals surface area (Å²) in [6.45, 7) is 3.41. The fourth-order valence-electron chi connectivity index (χ4n) is 2.86. The smallest absolute Gasteiger partial charge is 0.414 e. The monoisotopic (exact) mass is 287 g/mol. The third-order valence-electron chi connectivity index (χ3n) is 3.98. The van der Waals surface area contributed by atoms with Crippen LogP contribution in [0, 0.1) is 0 Å². The van der Waals surface area contributed by atoms with Crippen LogP contribution in [0.1, 0.15) is 12.5 Å². The lowest BCUT2D eigenvalue weighted by molar-refractivity contribution is 0.179. The second-order valence-electron chi connectivity index (χ2n) is 5.85. The molecule has 0 spiro atoms. The van der Waals surface area contributed by atoms with Crippen LogP contribution in [0.15, 0.2) is 24.4 Å². The van der Waals surface area contributed by atoms with E-state index in [-0.39, 0.29) is 12.1 Å². The van der Waals surface area contributed by atoms with Gasteiger partial charge in [-0.1, -0.05) is 0 Å². The summed E-state index contributed by atoms with van der Waals surface area (Å²) in [5, 5.41) is 1.18. The number of fused-ring (bicyclic) bond motifs is 1. The van der Waals surface area contributed by atoms with Crippen molar-refractivity contribution < 1.29 is 9.53 Å². The standard InChI is InChI=1S/C16H21N3O2/c1-11-10-21-16(20)19(11)15-5-4-14-12(6-8-17-14)13(15)7-9-18(2)3/h4-6,8,11,17H,7,9-10H2,1-3H3/t11-/m0/s1. The summed E-state index contributed by atoms with van der Waals surface area (Å²) in [6, 6.07) is 6.21. The molecule has 5 heteroatoms. The molecule has 21 heavy (non-hydrogen) atoms. The van der Waals surface area contributed by atoms with Gasteiger partial charge in [0.15, 0.2) is 0 Å². The zero-order chi connectivity index (χ0) is 15.0. The molecule has 0 radical (unpaired) electrons. The van der Waals surface area contributed by atoms with E-state index in [1.165, 1.54) is 10.9 Å². The lowest BCUT2D eigenvalue weighted by Gasteiger charge is -2.23. The van der Waals surface area contributed by atoms with Crippen LogP contribution >= 0.6 is 0 Å². The molecule has 1 saturated heterocycles. The Morgan fingerprint density at radius 1 is 1.38 bits per heavy atom. The Balaban J connectivity index is 2.08. The molecule has 1 atom stereocenters. The summed E-state index contributed by atoms with van der Waals surface area (Å²) < 4.78 is 5.18. The van der Waals surface area contributed by atoms with Crippen molar-refractivity contribution in [1.82, 2.24) is 9.88 Å². The van der Waals surface area contributed by atoms with Crippen LogP contribution in [0.25, 0.3) is 10.9 Å². The summed E-state index contributed by atoms with van der Waals surface area (Å²) in [4.78, 5) is 19.2. The molecule has 1 aliphatic rings. The molecular formula is C16H21N3O2. The van der Waals surface area contributed by atoms with Gasteiger partial charge in [0.2, 0.25) is 0 Å². The Morgan fingerprint density at radius 2 is 2.19 bits per heavy atom. The van der Waals surface area contributed by atoms with Crippen LogP contribution in [-0.2, 0) is 11.2 Å². The highest BCUT2D eigenvalue weighted by Crippen LogP contribution is 2.32. The Kier molecular flexibility index (Phi) is 3.59. The molecule has 0 unspecified atom stereocenters. The normalized spacial score (nSPS) is 18.8. The number of amides is 1. The van der Waals surface area contributed by atoms with Crippen LogP contribution in [0.3, 0.4) is 0 Å². The number of hydrogen-bond acceptors (Lipinski definition) is 3. The predicted octanol–water partition coefficient (Wildman–Crippen LogP) is 2.62. The first-order valence-corrected chi connectivity index (χ1v) is 7.27. The van der Waals surface area contributed by atoms with Crippen molar-refractivity contribution in [1.29, 1.82) is 0 Å². The number of rotatable bonds is 4. The Morgan fingerprint density at radius 3 is 2.86 bits per heavy atom. The van der Waals surface area contributed by atoms with Crippen LogP contribution in [0.2, 0.25) is 0 Å². The molecule has 0 bridgehead atoms. The number of H-pyrrole nitrogens is 1. The SMILES string of the molecule is C[C@H]1COC(=O)N1c1ccc2[nH]ccc2c1CCN(C)C. The molecule has 3 rings (SSSR count). The Bertz CT molecular complexity index is 663. The van der Waals surface area contributed by atoms with E-state index in [1.807, 2.05) is 25.3 Å². The van der Waals surface area contributed by atoms with E-state index >= 15 is 0 Å². The average molecular weight is 287 g/mol. The third kappa shape index (κ3) is 2.49. The molecule has 1 fully saturated rings. The minimum Gasteiger partial charge on any atom is -0.447 e. The van der Waals surface area contributed by atoms with Gasteiger partial charge in [0.25, 0.3) is 0 Å². The number of ether oxygens (including phenoxy) is 1. The third-order valence-corrected chi connectivity index (χ3v) is 3.98. The number of hydrogen-bond donors (Lipinski definition) is 1. The van der Waals surface area contributed by atoms with E-state index in [0.717, 1.165) is 24.2 Å². The van der Waals surface area contributed by atoms with Gasteiger partial charge in [-0.15, -0.1) is 0 Å². The number of likely N-dealkylation sites (N-methyl/N-ethyl adjacent to an activating group) is 1. The number of cyclic esters (lactones) is 1. The van der Waals surface area contributed by atoms with Crippen molar-refractivity contribution >= 4 is 22.7 Å². The maximum Gasteiger partial charge on any atom is 0.414 e. The maximum atomic E-state index is 12.0. The molecule has 1 aromatic carbocycles. The number of anilines is 1. The fourth-order valence-corrected chi connectivity index (χ4v) is 2.86. The first-order valence-electron chi connectivity index (χ1n) is 7.27.